The zero-order chi connectivity index (χ0) is 13.8. The highest BCUT2D eigenvalue weighted by Crippen LogP contribution is 2.13. The van der Waals surface area contributed by atoms with Crippen LogP contribution >= 0.6 is 0 Å². The number of carbonyl (C=O) groups excluding carboxylic acids is 1. The van der Waals surface area contributed by atoms with Gasteiger partial charge in [0.15, 0.2) is 0 Å². The third kappa shape index (κ3) is 2.96. The lowest BCUT2D eigenvalue weighted by Crippen LogP contribution is -2.51. The summed E-state index contributed by atoms with van der Waals surface area (Å²) < 4.78 is 5.17. The van der Waals surface area contributed by atoms with Crippen LogP contribution in [-0.2, 0) is 0 Å². The smallest absolute Gasteiger partial charge is 0.257 e. The number of carbonyl (C=O) groups is 1. The van der Waals surface area contributed by atoms with Crippen LogP contribution in [0.3, 0.4) is 0 Å². The van der Waals surface area contributed by atoms with Gasteiger partial charge in [-0.1, -0.05) is 6.92 Å². The van der Waals surface area contributed by atoms with Gasteiger partial charge in [0.1, 0.15) is 12.0 Å². The van der Waals surface area contributed by atoms with Crippen LogP contribution < -0.4 is 0 Å². The zero-order valence-corrected chi connectivity index (χ0v) is 11.4. The Bertz CT molecular complexity index is 481. The standard InChI is InChI=1S/C14H19N3O2/c1-3-13(9-15)16-4-6-17(7-5-16)14(18)12-8-11(2)19-10-12/h8,10,13H,3-7H2,1-2H3. The molecule has 0 N–H and O–H groups in total. The molecule has 0 saturated carbocycles. The molecule has 19 heavy (non-hydrogen) atoms. The molecule has 1 saturated heterocycles. The van der Waals surface area contributed by atoms with E-state index in [-0.39, 0.29) is 11.9 Å². The summed E-state index contributed by atoms with van der Waals surface area (Å²) in [6, 6.07) is 4.04. The van der Waals surface area contributed by atoms with Gasteiger partial charge < -0.3 is 9.32 Å². The van der Waals surface area contributed by atoms with Crippen LogP contribution in [-0.4, -0.2) is 47.9 Å². The van der Waals surface area contributed by atoms with Crippen LogP contribution in [0.4, 0.5) is 0 Å². The van der Waals surface area contributed by atoms with Crippen molar-refractivity contribution in [3.63, 3.8) is 0 Å². The second-order valence-corrected chi connectivity index (χ2v) is 4.83. The summed E-state index contributed by atoms with van der Waals surface area (Å²) in [6.45, 7) is 6.69. The van der Waals surface area contributed by atoms with Crippen molar-refractivity contribution in [3.05, 3.63) is 23.7 Å². The van der Waals surface area contributed by atoms with Crippen LogP contribution in [0.5, 0.6) is 0 Å². The SMILES string of the molecule is CCC(C#N)N1CCN(C(=O)c2coc(C)c2)CC1. The van der Waals surface area contributed by atoms with Gasteiger partial charge in [-0.3, -0.25) is 9.69 Å². The van der Waals surface area contributed by atoms with Crippen molar-refractivity contribution in [1.82, 2.24) is 9.80 Å². The third-order valence-corrected chi connectivity index (χ3v) is 3.56. The minimum atomic E-state index is -0.0339. The molecule has 0 aliphatic carbocycles. The molecule has 1 unspecified atom stereocenters. The number of hydrogen-bond acceptors (Lipinski definition) is 4. The van der Waals surface area contributed by atoms with Crippen LogP contribution in [0.25, 0.3) is 0 Å². The van der Waals surface area contributed by atoms with Crippen LogP contribution in [0, 0.1) is 18.3 Å². The Morgan fingerprint density at radius 3 is 2.63 bits per heavy atom. The number of furan rings is 1. The quantitative estimate of drug-likeness (QED) is 0.830. The second kappa shape index (κ2) is 5.89. The van der Waals surface area contributed by atoms with Gasteiger partial charge in [-0.25, -0.2) is 0 Å². The molecular weight excluding hydrogens is 242 g/mol. The van der Waals surface area contributed by atoms with Crippen molar-refractivity contribution in [1.29, 1.82) is 5.26 Å². The minimum absolute atomic E-state index is 0.0153. The lowest BCUT2D eigenvalue weighted by Gasteiger charge is -2.36. The summed E-state index contributed by atoms with van der Waals surface area (Å²) in [5.41, 5.74) is 0.610. The van der Waals surface area contributed by atoms with Crippen molar-refractivity contribution < 1.29 is 9.21 Å². The molecule has 1 amide bonds. The number of nitrogens with zero attached hydrogens (tertiary/aromatic N) is 3. The van der Waals surface area contributed by atoms with Gasteiger partial charge in [0.2, 0.25) is 0 Å². The van der Waals surface area contributed by atoms with E-state index in [1.165, 1.54) is 6.26 Å². The van der Waals surface area contributed by atoms with Crippen molar-refractivity contribution in [2.75, 3.05) is 26.2 Å². The van der Waals surface area contributed by atoms with Gasteiger partial charge in [-0.05, 0) is 19.4 Å². The van der Waals surface area contributed by atoms with Gasteiger partial charge >= 0.3 is 0 Å². The summed E-state index contributed by atoms with van der Waals surface area (Å²) in [6.07, 6.45) is 2.33. The van der Waals surface area contributed by atoms with Crippen LogP contribution in [0.1, 0.15) is 29.5 Å². The molecule has 0 aromatic carbocycles. The van der Waals surface area contributed by atoms with E-state index in [2.05, 4.69) is 11.0 Å². The zero-order valence-electron chi connectivity index (χ0n) is 11.4. The van der Waals surface area contributed by atoms with E-state index >= 15 is 0 Å². The summed E-state index contributed by atoms with van der Waals surface area (Å²) in [7, 11) is 0. The maximum atomic E-state index is 12.2. The highest BCUT2D eigenvalue weighted by molar-refractivity contribution is 5.94. The van der Waals surface area contributed by atoms with E-state index in [9.17, 15) is 4.79 Å². The van der Waals surface area contributed by atoms with Gasteiger partial charge in [-0.2, -0.15) is 5.26 Å². The fraction of sp³-hybridized carbons (Fsp3) is 0.571. The van der Waals surface area contributed by atoms with E-state index in [4.69, 9.17) is 9.68 Å². The normalized spacial score (nSPS) is 18.1. The molecule has 1 aromatic heterocycles. The first-order valence-electron chi connectivity index (χ1n) is 6.63. The Hall–Kier alpha value is -1.80. The average molecular weight is 261 g/mol. The van der Waals surface area contributed by atoms with Crippen molar-refractivity contribution in [3.8, 4) is 6.07 Å². The van der Waals surface area contributed by atoms with E-state index < -0.39 is 0 Å². The molecule has 5 heteroatoms. The monoisotopic (exact) mass is 261 g/mol. The number of piperazine rings is 1. The summed E-state index contributed by atoms with van der Waals surface area (Å²) in [5.74, 6) is 0.763. The molecule has 0 spiro atoms. The molecule has 1 aliphatic heterocycles. The maximum absolute atomic E-state index is 12.2. The lowest BCUT2D eigenvalue weighted by atomic mass is 10.1. The highest BCUT2D eigenvalue weighted by atomic mass is 16.3. The molecule has 0 radical (unpaired) electrons. The fourth-order valence-corrected chi connectivity index (χ4v) is 2.41. The van der Waals surface area contributed by atoms with Gasteiger partial charge in [0.05, 0.1) is 17.7 Å². The largest absolute Gasteiger partial charge is 0.469 e. The van der Waals surface area contributed by atoms with Gasteiger partial charge in [0.25, 0.3) is 5.91 Å². The number of rotatable bonds is 3. The number of amides is 1. The maximum Gasteiger partial charge on any atom is 0.257 e. The highest BCUT2D eigenvalue weighted by Gasteiger charge is 2.26. The molecule has 2 heterocycles. The first-order chi connectivity index (χ1) is 9.15. The van der Waals surface area contributed by atoms with Crippen molar-refractivity contribution in [2.24, 2.45) is 0 Å². The fourth-order valence-electron chi connectivity index (χ4n) is 2.41. The van der Waals surface area contributed by atoms with Crippen molar-refractivity contribution in [2.45, 2.75) is 26.3 Å². The third-order valence-electron chi connectivity index (χ3n) is 3.56. The molecule has 102 valence electrons. The summed E-state index contributed by atoms with van der Waals surface area (Å²) in [4.78, 5) is 16.2. The molecule has 1 aromatic rings. The van der Waals surface area contributed by atoms with Crippen LogP contribution in [0.2, 0.25) is 0 Å². The van der Waals surface area contributed by atoms with E-state index in [0.717, 1.165) is 25.3 Å². The molecule has 5 nitrogen and oxygen atoms in total. The number of nitriles is 1. The molecule has 0 bridgehead atoms. The summed E-state index contributed by atoms with van der Waals surface area (Å²) in [5, 5.41) is 9.05. The van der Waals surface area contributed by atoms with E-state index in [0.29, 0.717) is 18.7 Å². The first kappa shape index (κ1) is 13.6. The summed E-state index contributed by atoms with van der Waals surface area (Å²) >= 11 is 0. The van der Waals surface area contributed by atoms with Crippen molar-refractivity contribution >= 4 is 5.91 Å². The Labute approximate surface area is 113 Å². The van der Waals surface area contributed by atoms with E-state index in [1.54, 1.807) is 6.07 Å². The van der Waals surface area contributed by atoms with Gasteiger partial charge in [-0.15, -0.1) is 0 Å². The molecular formula is C14H19N3O2. The molecule has 1 aliphatic rings. The topological polar surface area (TPSA) is 60.5 Å². The second-order valence-electron chi connectivity index (χ2n) is 4.83. The predicted molar refractivity (Wildman–Crippen MR) is 70.6 cm³/mol. The van der Waals surface area contributed by atoms with Crippen LogP contribution in [0.15, 0.2) is 16.7 Å². The number of hydrogen-bond donors (Lipinski definition) is 0. The Balaban J connectivity index is 1.93. The van der Waals surface area contributed by atoms with E-state index in [1.807, 2.05) is 18.7 Å². The molecule has 1 atom stereocenters. The lowest BCUT2D eigenvalue weighted by molar-refractivity contribution is 0.0604. The molecule has 1 fully saturated rings. The van der Waals surface area contributed by atoms with Gasteiger partial charge in [0, 0.05) is 26.2 Å². The average Bonchev–Trinajstić information content (AvgIpc) is 2.87. The Kier molecular flexibility index (Phi) is 4.23. The Morgan fingerprint density at radius 2 is 2.16 bits per heavy atom. The first-order valence-corrected chi connectivity index (χ1v) is 6.63. The minimum Gasteiger partial charge on any atom is -0.469 e. The Morgan fingerprint density at radius 1 is 1.47 bits per heavy atom. The predicted octanol–water partition coefficient (Wildman–Crippen LogP) is 1.65. The number of aryl methyl sites for hydroxylation is 1. The molecule has 2 rings (SSSR count).